The molecule has 1 rings (SSSR count). The Morgan fingerprint density at radius 1 is 1.18 bits per heavy atom. The number of rotatable bonds is 2. The monoisotopic (exact) mass is 147 g/mol. The largest absolute Gasteiger partial charge is 0.394 e. The van der Waals surface area contributed by atoms with E-state index in [9.17, 15) is 0 Å². The summed E-state index contributed by atoms with van der Waals surface area (Å²) in [6.07, 6.45) is 3.96. The molecule has 0 radical (unpaired) electrons. The molecule has 0 amide bonds. The van der Waals surface area contributed by atoms with E-state index >= 15 is 0 Å². The minimum absolute atomic E-state index is 1.23. The molecule has 0 aliphatic carbocycles. The summed E-state index contributed by atoms with van der Waals surface area (Å²) in [7, 11) is 1.89. The number of nitrogens with one attached hydrogen (secondary N) is 1. The van der Waals surface area contributed by atoms with E-state index < -0.39 is 0 Å². The van der Waals surface area contributed by atoms with Crippen molar-refractivity contribution < 1.29 is 0 Å². The standard InChI is InChI=1S/C10H13N/c1-9-3-5-10(6-4-9)7-8-11-2/h3-8,11H,1-2H3. The lowest BCUT2D eigenvalue weighted by molar-refractivity contribution is 1.11. The van der Waals surface area contributed by atoms with Gasteiger partial charge in [0.25, 0.3) is 0 Å². The zero-order valence-electron chi connectivity index (χ0n) is 6.96. The van der Waals surface area contributed by atoms with Crippen molar-refractivity contribution >= 4 is 6.08 Å². The number of benzene rings is 1. The van der Waals surface area contributed by atoms with Gasteiger partial charge >= 0.3 is 0 Å². The van der Waals surface area contributed by atoms with Gasteiger partial charge in [-0.1, -0.05) is 29.8 Å². The number of hydrogen-bond donors (Lipinski definition) is 1. The Morgan fingerprint density at radius 2 is 1.82 bits per heavy atom. The molecule has 0 unspecified atom stereocenters. The molecule has 1 N–H and O–H groups in total. The van der Waals surface area contributed by atoms with Crippen molar-refractivity contribution in [3.8, 4) is 0 Å². The lowest BCUT2D eigenvalue weighted by Gasteiger charge is -1.93. The van der Waals surface area contributed by atoms with Crippen molar-refractivity contribution in [2.24, 2.45) is 0 Å². The highest BCUT2D eigenvalue weighted by atomic mass is 14.8. The lowest BCUT2D eigenvalue weighted by Crippen LogP contribution is -1.90. The summed E-state index contributed by atoms with van der Waals surface area (Å²) in [5.74, 6) is 0. The first kappa shape index (κ1) is 7.86. The van der Waals surface area contributed by atoms with E-state index in [-0.39, 0.29) is 0 Å². The minimum Gasteiger partial charge on any atom is -0.394 e. The van der Waals surface area contributed by atoms with E-state index in [1.807, 2.05) is 19.3 Å². The second kappa shape index (κ2) is 3.81. The van der Waals surface area contributed by atoms with Gasteiger partial charge in [0.05, 0.1) is 0 Å². The maximum atomic E-state index is 2.95. The predicted octanol–water partition coefficient (Wildman–Crippen LogP) is 2.19. The van der Waals surface area contributed by atoms with E-state index in [1.165, 1.54) is 11.1 Å². The molecule has 0 aliphatic rings. The molecule has 0 saturated carbocycles. The third kappa shape index (κ3) is 2.46. The summed E-state index contributed by atoms with van der Waals surface area (Å²) in [5.41, 5.74) is 2.52. The Labute approximate surface area is 67.8 Å². The van der Waals surface area contributed by atoms with Crippen LogP contribution < -0.4 is 5.32 Å². The molecule has 0 fully saturated rings. The van der Waals surface area contributed by atoms with Crippen molar-refractivity contribution in [3.63, 3.8) is 0 Å². The quantitative estimate of drug-likeness (QED) is 0.676. The highest BCUT2D eigenvalue weighted by molar-refractivity contribution is 5.48. The maximum Gasteiger partial charge on any atom is 0.00277 e. The van der Waals surface area contributed by atoms with Crippen LogP contribution in [0.5, 0.6) is 0 Å². The van der Waals surface area contributed by atoms with Crippen LogP contribution in [0.1, 0.15) is 11.1 Å². The van der Waals surface area contributed by atoms with E-state index in [2.05, 4.69) is 36.5 Å². The second-order valence-electron chi connectivity index (χ2n) is 2.53. The smallest absolute Gasteiger partial charge is 0.00277 e. The van der Waals surface area contributed by atoms with E-state index in [0.29, 0.717) is 0 Å². The fourth-order valence-electron chi connectivity index (χ4n) is 0.857. The predicted molar refractivity (Wildman–Crippen MR) is 49.3 cm³/mol. The molecule has 11 heavy (non-hydrogen) atoms. The summed E-state index contributed by atoms with van der Waals surface area (Å²) in [5, 5.41) is 2.95. The number of hydrogen-bond acceptors (Lipinski definition) is 1. The summed E-state index contributed by atoms with van der Waals surface area (Å²) < 4.78 is 0. The van der Waals surface area contributed by atoms with Crippen LogP contribution in [0.2, 0.25) is 0 Å². The Balaban J connectivity index is 2.73. The SMILES string of the molecule is CNC=Cc1ccc(C)cc1. The fourth-order valence-corrected chi connectivity index (χ4v) is 0.857. The van der Waals surface area contributed by atoms with Gasteiger partial charge in [-0.2, -0.15) is 0 Å². The summed E-state index contributed by atoms with van der Waals surface area (Å²) in [6.45, 7) is 2.09. The highest BCUT2D eigenvalue weighted by Gasteiger charge is 1.84. The van der Waals surface area contributed by atoms with Crippen LogP contribution in [-0.4, -0.2) is 7.05 Å². The van der Waals surface area contributed by atoms with E-state index in [0.717, 1.165) is 0 Å². The summed E-state index contributed by atoms with van der Waals surface area (Å²) in [4.78, 5) is 0. The van der Waals surface area contributed by atoms with Gasteiger partial charge in [0.2, 0.25) is 0 Å². The molecule has 1 nitrogen and oxygen atoms in total. The Morgan fingerprint density at radius 3 is 2.36 bits per heavy atom. The van der Waals surface area contributed by atoms with Crippen LogP contribution in [0.4, 0.5) is 0 Å². The van der Waals surface area contributed by atoms with Gasteiger partial charge in [-0.3, -0.25) is 0 Å². The molecule has 0 atom stereocenters. The van der Waals surface area contributed by atoms with Crippen LogP contribution in [0.25, 0.3) is 6.08 Å². The Kier molecular flexibility index (Phi) is 2.73. The van der Waals surface area contributed by atoms with Crippen molar-refractivity contribution in [2.45, 2.75) is 6.92 Å². The summed E-state index contributed by atoms with van der Waals surface area (Å²) >= 11 is 0. The van der Waals surface area contributed by atoms with Crippen molar-refractivity contribution in [1.29, 1.82) is 0 Å². The van der Waals surface area contributed by atoms with Crippen molar-refractivity contribution in [1.82, 2.24) is 5.32 Å². The van der Waals surface area contributed by atoms with Gasteiger partial charge in [-0.25, -0.2) is 0 Å². The molecule has 1 aromatic carbocycles. The lowest BCUT2D eigenvalue weighted by atomic mass is 10.1. The van der Waals surface area contributed by atoms with Gasteiger partial charge in [-0.15, -0.1) is 0 Å². The van der Waals surface area contributed by atoms with Crippen LogP contribution in [-0.2, 0) is 0 Å². The van der Waals surface area contributed by atoms with Crippen LogP contribution in [0.3, 0.4) is 0 Å². The first-order valence-corrected chi connectivity index (χ1v) is 3.73. The molecular formula is C10H13N. The molecule has 1 heteroatoms. The minimum atomic E-state index is 1.23. The van der Waals surface area contributed by atoms with Gasteiger partial charge in [0.15, 0.2) is 0 Å². The zero-order chi connectivity index (χ0) is 8.10. The highest BCUT2D eigenvalue weighted by Crippen LogP contribution is 2.03. The third-order valence-corrected chi connectivity index (χ3v) is 1.52. The summed E-state index contributed by atoms with van der Waals surface area (Å²) in [6, 6.07) is 8.41. The molecule has 0 aromatic heterocycles. The normalized spacial score (nSPS) is 10.4. The number of aryl methyl sites for hydroxylation is 1. The molecular weight excluding hydrogens is 134 g/mol. The first-order chi connectivity index (χ1) is 5.33. The fraction of sp³-hybridized carbons (Fsp3) is 0.200. The van der Waals surface area contributed by atoms with Crippen LogP contribution in [0.15, 0.2) is 30.5 Å². The second-order valence-corrected chi connectivity index (χ2v) is 2.53. The van der Waals surface area contributed by atoms with Gasteiger partial charge < -0.3 is 5.32 Å². The van der Waals surface area contributed by atoms with Gasteiger partial charge in [0.1, 0.15) is 0 Å². The Bertz CT molecular complexity index is 234. The third-order valence-electron chi connectivity index (χ3n) is 1.52. The average Bonchev–Trinajstić information content (AvgIpc) is 2.04. The molecule has 58 valence electrons. The van der Waals surface area contributed by atoms with E-state index in [1.54, 1.807) is 0 Å². The first-order valence-electron chi connectivity index (χ1n) is 3.73. The molecule has 0 aliphatic heterocycles. The van der Waals surface area contributed by atoms with Crippen LogP contribution in [0, 0.1) is 6.92 Å². The van der Waals surface area contributed by atoms with Crippen molar-refractivity contribution in [2.75, 3.05) is 7.05 Å². The molecule has 0 saturated heterocycles. The van der Waals surface area contributed by atoms with Crippen molar-refractivity contribution in [3.05, 3.63) is 41.6 Å². The van der Waals surface area contributed by atoms with E-state index in [4.69, 9.17) is 0 Å². The molecule has 1 aromatic rings. The van der Waals surface area contributed by atoms with Gasteiger partial charge in [-0.05, 0) is 24.8 Å². The zero-order valence-corrected chi connectivity index (χ0v) is 6.96. The maximum absolute atomic E-state index is 2.95. The van der Waals surface area contributed by atoms with Crippen LogP contribution >= 0.6 is 0 Å². The Hall–Kier alpha value is -1.24. The molecule has 0 bridgehead atoms. The molecule has 0 spiro atoms. The molecule has 0 heterocycles. The average molecular weight is 147 g/mol. The topological polar surface area (TPSA) is 12.0 Å². The van der Waals surface area contributed by atoms with Gasteiger partial charge in [0, 0.05) is 7.05 Å².